The number of aryl methyl sites for hydroxylation is 1. The summed E-state index contributed by atoms with van der Waals surface area (Å²) in [7, 11) is 0. The smallest absolute Gasteiger partial charge is 0.229 e. The van der Waals surface area contributed by atoms with Crippen molar-refractivity contribution in [1.29, 1.82) is 0 Å². The quantitative estimate of drug-likeness (QED) is 0.840. The lowest BCUT2D eigenvalue weighted by Gasteiger charge is -2.17. The normalized spacial score (nSPS) is 16.7. The topological polar surface area (TPSA) is 58.6 Å². The van der Waals surface area contributed by atoms with E-state index in [0.29, 0.717) is 12.2 Å². The summed E-state index contributed by atoms with van der Waals surface area (Å²) in [5, 5.41) is 2.90. The average Bonchev–Trinajstić information content (AvgIpc) is 3.05. The SMILES string of the molecule is CCc1ccc(N2C[C@@H](C(=O)Nc3ccc(OC(C)C)cc3)CC2=O)cc1. The van der Waals surface area contributed by atoms with Crippen molar-refractivity contribution in [1.82, 2.24) is 0 Å². The molecule has 27 heavy (non-hydrogen) atoms. The zero-order chi connectivity index (χ0) is 19.4. The van der Waals surface area contributed by atoms with Crippen LogP contribution in [0.1, 0.15) is 32.8 Å². The second-order valence-corrected chi connectivity index (χ2v) is 7.11. The lowest BCUT2D eigenvalue weighted by Crippen LogP contribution is -2.28. The number of hydrogen-bond acceptors (Lipinski definition) is 3. The molecular weight excluding hydrogens is 340 g/mol. The largest absolute Gasteiger partial charge is 0.491 e. The molecule has 2 aromatic carbocycles. The fraction of sp³-hybridized carbons (Fsp3) is 0.364. The number of carbonyl (C=O) groups excluding carboxylic acids is 2. The van der Waals surface area contributed by atoms with Gasteiger partial charge in [0.1, 0.15) is 5.75 Å². The van der Waals surface area contributed by atoms with Crippen LogP contribution in [-0.4, -0.2) is 24.5 Å². The van der Waals surface area contributed by atoms with Crippen LogP contribution < -0.4 is 15.0 Å². The van der Waals surface area contributed by atoms with Gasteiger partial charge in [-0.15, -0.1) is 0 Å². The highest BCUT2D eigenvalue weighted by atomic mass is 16.5. The van der Waals surface area contributed by atoms with Crippen LogP contribution in [0.3, 0.4) is 0 Å². The minimum atomic E-state index is -0.352. The molecule has 5 heteroatoms. The summed E-state index contributed by atoms with van der Waals surface area (Å²) in [5.41, 5.74) is 2.78. The van der Waals surface area contributed by atoms with E-state index in [-0.39, 0.29) is 30.3 Å². The van der Waals surface area contributed by atoms with Gasteiger partial charge in [0.15, 0.2) is 0 Å². The Balaban J connectivity index is 1.61. The van der Waals surface area contributed by atoms with Gasteiger partial charge in [-0.3, -0.25) is 9.59 Å². The van der Waals surface area contributed by atoms with Crippen molar-refractivity contribution in [2.45, 2.75) is 39.7 Å². The first-order chi connectivity index (χ1) is 13.0. The van der Waals surface area contributed by atoms with Crippen LogP contribution in [0, 0.1) is 5.92 Å². The molecule has 1 aliphatic rings. The predicted molar refractivity (Wildman–Crippen MR) is 107 cm³/mol. The molecule has 0 radical (unpaired) electrons. The monoisotopic (exact) mass is 366 g/mol. The van der Waals surface area contributed by atoms with Crippen molar-refractivity contribution in [3.8, 4) is 5.75 Å². The van der Waals surface area contributed by atoms with E-state index < -0.39 is 0 Å². The summed E-state index contributed by atoms with van der Waals surface area (Å²) in [5.74, 6) is 0.268. The van der Waals surface area contributed by atoms with E-state index in [1.165, 1.54) is 5.56 Å². The predicted octanol–water partition coefficient (Wildman–Crippen LogP) is 4.03. The van der Waals surface area contributed by atoms with Crippen LogP contribution >= 0.6 is 0 Å². The summed E-state index contributed by atoms with van der Waals surface area (Å²) < 4.78 is 5.60. The van der Waals surface area contributed by atoms with Gasteiger partial charge >= 0.3 is 0 Å². The van der Waals surface area contributed by atoms with Crippen LogP contribution in [0.5, 0.6) is 5.75 Å². The van der Waals surface area contributed by atoms with Crippen molar-refractivity contribution in [2.75, 3.05) is 16.8 Å². The average molecular weight is 366 g/mol. The van der Waals surface area contributed by atoms with Gasteiger partial charge in [-0.25, -0.2) is 0 Å². The van der Waals surface area contributed by atoms with E-state index in [1.807, 2.05) is 62.4 Å². The Morgan fingerprint density at radius 1 is 1.15 bits per heavy atom. The van der Waals surface area contributed by atoms with E-state index >= 15 is 0 Å². The van der Waals surface area contributed by atoms with Crippen molar-refractivity contribution < 1.29 is 14.3 Å². The number of nitrogens with zero attached hydrogens (tertiary/aromatic N) is 1. The van der Waals surface area contributed by atoms with Gasteiger partial charge in [-0.05, 0) is 62.2 Å². The van der Waals surface area contributed by atoms with Crippen molar-refractivity contribution in [2.24, 2.45) is 5.92 Å². The second kappa shape index (κ2) is 8.25. The lowest BCUT2D eigenvalue weighted by atomic mass is 10.1. The first-order valence-corrected chi connectivity index (χ1v) is 9.43. The van der Waals surface area contributed by atoms with Gasteiger partial charge in [0.2, 0.25) is 11.8 Å². The van der Waals surface area contributed by atoms with Gasteiger partial charge in [-0.1, -0.05) is 19.1 Å². The molecule has 0 spiro atoms. The molecule has 1 N–H and O–H groups in total. The highest BCUT2D eigenvalue weighted by molar-refractivity contribution is 6.03. The minimum absolute atomic E-state index is 0.0138. The Hall–Kier alpha value is -2.82. The standard InChI is InChI=1S/C22H26N2O3/c1-4-16-5-9-19(10-6-16)24-14-17(13-21(24)25)22(26)23-18-7-11-20(12-8-18)27-15(2)3/h5-12,15,17H,4,13-14H2,1-3H3,(H,23,26)/t17-/m0/s1. The van der Waals surface area contributed by atoms with Crippen LogP contribution in [0.2, 0.25) is 0 Å². The molecule has 5 nitrogen and oxygen atoms in total. The van der Waals surface area contributed by atoms with E-state index in [9.17, 15) is 9.59 Å². The van der Waals surface area contributed by atoms with Gasteiger partial charge < -0.3 is 15.0 Å². The fourth-order valence-electron chi connectivity index (χ4n) is 3.18. The highest BCUT2D eigenvalue weighted by Gasteiger charge is 2.35. The van der Waals surface area contributed by atoms with Gasteiger partial charge in [0.05, 0.1) is 12.0 Å². The van der Waals surface area contributed by atoms with E-state index in [1.54, 1.807) is 4.90 Å². The third-order valence-electron chi connectivity index (χ3n) is 4.65. The number of carbonyl (C=O) groups is 2. The number of amides is 2. The molecule has 1 saturated heterocycles. The zero-order valence-electron chi connectivity index (χ0n) is 16.1. The molecule has 1 atom stereocenters. The summed E-state index contributed by atoms with van der Waals surface area (Å²) in [6.07, 6.45) is 1.29. The molecule has 0 unspecified atom stereocenters. The maximum Gasteiger partial charge on any atom is 0.229 e. The molecule has 0 aliphatic carbocycles. The minimum Gasteiger partial charge on any atom is -0.491 e. The molecule has 142 valence electrons. The Bertz CT molecular complexity index is 797. The van der Waals surface area contributed by atoms with E-state index in [0.717, 1.165) is 17.9 Å². The molecule has 0 saturated carbocycles. The number of anilines is 2. The highest BCUT2D eigenvalue weighted by Crippen LogP contribution is 2.27. The molecule has 2 amide bonds. The van der Waals surface area contributed by atoms with Gasteiger partial charge in [-0.2, -0.15) is 0 Å². The van der Waals surface area contributed by atoms with Gasteiger partial charge in [0.25, 0.3) is 0 Å². The van der Waals surface area contributed by atoms with Crippen molar-refractivity contribution in [3.63, 3.8) is 0 Å². The maximum atomic E-state index is 12.6. The first-order valence-electron chi connectivity index (χ1n) is 9.43. The summed E-state index contributed by atoms with van der Waals surface area (Å²) >= 11 is 0. The number of rotatable bonds is 6. The molecule has 0 aromatic heterocycles. The molecule has 2 aromatic rings. The molecule has 1 fully saturated rings. The number of ether oxygens (including phenoxy) is 1. The van der Waals surface area contributed by atoms with E-state index in [2.05, 4.69) is 12.2 Å². The first kappa shape index (κ1) is 19.0. The fourth-order valence-corrected chi connectivity index (χ4v) is 3.18. The van der Waals surface area contributed by atoms with Crippen molar-refractivity contribution in [3.05, 3.63) is 54.1 Å². The zero-order valence-corrected chi connectivity index (χ0v) is 16.1. The van der Waals surface area contributed by atoms with Crippen molar-refractivity contribution >= 4 is 23.2 Å². The number of nitrogens with one attached hydrogen (secondary N) is 1. The van der Waals surface area contributed by atoms with Gasteiger partial charge in [0, 0.05) is 24.3 Å². The van der Waals surface area contributed by atoms with E-state index in [4.69, 9.17) is 4.74 Å². The second-order valence-electron chi connectivity index (χ2n) is 7.11. The van der Waals surface area contributed by atoms with Crippen LogP contribution in [0.25, 0.3) is 0 Å². The third kappa shape index (κ3) is 4.67. The van der Waals surface area contributed by atoms with Crippen LogP contribution in [0.4, 0.5) is 11.4 Å². The Labute approximate surface area is 160 Å². The Morgan fingerprint density at radius 2 is 1.81 bits per heavy atom. The van der Waals surface area contributed by atoms with Crippen LogP contribution in [0.15, 0.2) is 48.5 Å². The number of benzene rings is 2. The molecule has 1 aliphatic heterocycles. The lowest BCUT2D eigenvalue weighted by molar-refractivity contribution is -0.122. The molecule has 0 bridgehead atoms. The van der Waals surface area contributed by atoms with Crippen LogP contribution in [-0.2, 0) is 16.0 Å². The summed E-state index contributed by atoms with van der Waals surface area (Å²) in [6, 6.07) is 15.2. The third-order valence-corrected chi connectivity index (χ3v) is 4.65. The summed E-state index contributed by atoms with van der Waals surface area (Å²) in [4.78, 5) is 26.6. The Morgan fingerprint density at radius 3 is 2.41 bits per heavy atom. The molecule has 3 rings (SSSR count). The maximum absolute atomic E-state index is 12.6. The number of hydrogen-bond donors (Lipinski definition) is 1. The molecule has 1 heterocycles. The Kier molecular flexibility index (Phi) is 5.79. The summed E-state index contributed by atoms with van der Waals surface area (Å²) in [6.45, 7) is 6.44. The molecular formula is C22H26N2O3.